The van der Waals surface area contributed by atoms with Gasteiger partial charge >= 0.3 is 0 Å². The molecule has 1 aromatic heterocycles. The lowest BCUT2D eigenvalue weighted by Gasteiger charge is -2.28. The molecule has 2 heterocycles. The first-order valence-electron chi connectivity index (χ1n) is 11.0. The van der Waals surface area contributed by atoms with Gasteiger partial charge in [-0.05, 0) is 43.7 Å². The minimum atomic E-state index is -0.484. The van der Waals surface area contributed by atoms with E-state index in [-0.39, 0.29) is 5.91 Å². The molecule has 0 saturated heterocycles. The van der Waals surface area contributed by atoms with Crippen molar-refractivity contribution in [1.29, 1.82) is 0 Å². The van der Waals surface area contributed by atoms with Crippen molar-refractivity contribution in [3.05, 3.63) is 101 Å². The predicted octanol–water partition coefficient (Wildman–Crippen LogP) is 5.19. The summed E-state index contributed by atoms with van der Waals surface area (Å²) in [6.07, 6.45) is 0. The number of hydrogen-bond donors (Lipinski definition) is 2. The number of allylic oxidation sites excluding steroid dienone is 1. The Morgan fingerprint density at radius 2 is 1.76 bits per heavy atom. The van der Waals surface area contributed by atoms with Crippen LogP contribution >= 0.6 is 0 Å². The summed E-state index contributed by atoms with van der Waals surface area (Å²) in [4.78, 5) is 18.3. The summed E-state index contributed by atoms with van der Waals surface area (Å²) in [5.74, 6) is 1.67. The molecule has 1 amide bonds. The van der Waals surface area contributed by atoms with Gasteiger partial charge in [-0.2, -0.15) is 4.98 Å². The molecule has 1 unspecified atom stereocenters. The number of fused-ring (bicyclic) bond motifs is 1. The van der Waals surface area contributed by atoms with Crippen LogP contribution in [0.15, 0.2) is 90.1 Å². The number of anilines is 2. The summed E-state index contributed by atoms with van der Waals surface area (Å²) in [5, 5.41) is 11.1. The van der Waals surface area contributed by atoms with Crippen LogP contribution in [0, 0.1) is 6.92 Å². The first-order valence-corrected chi connectivity index (χ1v) is 11.0. The molecule has 1 aliphatic rings. The molecule has 4 aromatic rings. The molecule has 0 bridgehead atoms. The third-order valence-corrected chi connectivity index (χ3v) is 5.85. The molecule has 34 heavy (non-hydrogen) atoms. The lowest BCUT2D eigenvalue weighted by atomic mass is 9.95. The van der Waals surface area contributed by atoms with Crippen LogP contribution in [0.25, 0.3) is 11.4 Å². The molecule has 170 valence electrons. The average molecular weight is 452 g/mol. The van der Waals surface area contributed by atoms with Crippen molar-refractivity contribution < 1.29 is 9.53 Å². The van der Waals surface area contributed by atoms with Crippen molar-refractivity contribution in [1.82, 2.24) is 14.8 Å². The summed E-state index contributed by atoms with van der Waals surface area (Å²) in [5.41, 5.74) is 4.95. The van der Waals surface area contributed by atoms with E-state index in [1.165, 1.54) is 0 Å². The highest BCUT2D eigenvalue weighted by Gasteiger charge is 2.34. The molecule has 0 saturated carbocycles. The molecule has 0 radical (unpaired) electrons. The molecule has 1 atom stereocenters. The van der Waals surface area contributed by atoms with Crippen LogP contribution in [0.3, 0.4) is 0 Å². The number of hydrogen-bond acceptors (Lipinski definition) is 5. The Bertz CT molecular complexity index is 1370. The van der Waals surface area contributed by atoms with Gasteiger partial charge < -0.3 is 15.4 Å². The Morgan fingerprint density at radius 1 is 1.00 bits per heavy atom. The Morgan fingerprint density at radius 3 is 2.50 bits per heavy atom. The number of aryl methyl sites for hydroxylation is 1. The van der Waals surface area contributed by atoms with E-state index in [0.717, 1.165) is 28.1 Å². The second-order valence-electron chi connectivity index (χ2n) is 8.23. The molecule has 7 heteroatoms. The second kappa shape index (κ2) is 8.86. The highest BCUT2D eigenvalue weighted by molar-refractivity contribution is 6.06. The number of carbonyl (C=O) groups excluding carboxylic acids is 1. The van der Waals surface area contributed by atoms with Gasteiger partial charge in [-0.25, -0.2) is 4.68 Å². The Labute approximate surface area is 198 Å². The fourth-order valence-corrected chi connectivity index (χ4v) is 4.11. The molecule has 3 aromatic carbocycles. The lowest BCUT2D eigenvalue weighted by molar-refractivity contribution is -0.113. The molecule has 0 fully saturated rings. The van der Waals surface area contributed by atoms with E-state index in [2.05, 4.69) is 10.6 Å². The number of rotatable bonds is 5. The fourth-order valence-electron chi connectivity index (χ4n) is 4.11. The maximum absolute atomic E-state index is 13.5. The van der Waals surface area contributed by atoms with Gasteiger partial charge in [-0.1, -0.05) is 60.2 Å². The minimum absolute atomic E-state index is 0.206. The van der Waals surface area contributed by atoms with E-state index < -0.39 is 6.04 Å². The van der Waals surface area contributed by atoms with Crippen molar-refractivity contribution in [2.75, 3.05) is 17.7 Å². The summed E-state index contributed by atoms with van der Waals surface area (Å²) in [6.45, 7) is 3.93. The van der Waals surface area contributed by atoms with Gasteiger partial charge in [0.05, 0.1) is 12.7 Å². The molecular formula is C27H25N5O2. The molecule has 5 rings (SSSR count). The monoisotopic (exact) mass is 451 g/mol. The van der Waals surface area contributed by atoms with E-state index in [9.17, 15) is 4.79 Å². The van der Waals surface area contributed by atoms with E-state index in [1.54, 1.807) is 11.8 Å². The number of amides is 1. The van der Waals surface area contributed by atoms with Gasteiger partial charge in [0.2, 0.25) is 5.95 Å². The van der Waals surface area contributed by atoms with E-state index in [1.807, 2.05) is 92.7 Å². The van der Waals surface area contributed by atoms with E-state index >= 15 is 0 Å². The van der Waals surface area contributed by atoms with Crippen molar-refractivity contribution >= 4 is 17.5 Å². The van der Waals surface area contributed by atoms with Gasteiger partial charge in [-0.15, -0.1) is 5.10 Å². The van der Waals surface area contributed by atoms with Crippen LogP contribution < -0.4 is 15.4 Å². The molecule has 7 nitrogen and oxygen atoms in total. The van der Waals surface area contributed by atoms with Crippen LogP contribution in [0.2, 0.25) is 0 Å². The molecular weight excluding hydrogens is 426 g/mol. The minimum Gasteiger partial charge on any atom is -0.497 e. The molecule has 1 aliphatic heterocycles. The second-order valence-corrected chi connectivity index (χ2v) is 8.23. The third kappa shape index (κ3) is 4.03. The number of methoxy groups -OCH3 is 1. The third-order valence-electron chi connectivity index (χ3n) is 5.85. The highest BCUT2D eigenvalue weighted by Crippen LogP contribution is 2.37. The Balaban J connectivity index is 1.61. The Hall–Kier alpha value is -4.39. The molecule has 0 aliphatic carbocycles. The Kier molecular flexibility index (Phi) is 5.59. The van der Waals surface area contributed by atoms with E-state index in [0.29, 0.717) is 23.1 Å². The number of carbonyl (C=O) groups is 1. The normalized spacial score (nSPS) is 14.9. The lowest BCUT2D eigenvalue weighted by Crippen LogP contribution is -2.31. The zero-order valence-corrected chi connectivity index (χ0v) is 19.2. The first kappa shape index (κ1) is 21.5. The summed E-state index contributed by atoms with van der Waals surface area (Å²) >= 11 is 0. The first-order chi connectivity index (χ1) is 16.5. The highest BCUT2D eigenvalue weighted by atomic mass is 16.5. The molecule has 2 N–H and O–H groups in total. The van der Waals surface area contributed by atoms with Crippen molar-refractivity contribution in [3.8, 4) is 17.1 Å². The van der Waals surface area contributed by atoms with Crippen LogP contribution in [-0.2, 0) is 4.79 Å². The van der Waals surface area contributed by atoms with Gasteiger partial charge in [0, 0.05) is 16.9 Å². The van der Waals surface area contributed by atoms with Crippen molar-refractivity contribution in [2.24, 2.45) is 0 Å². The van der Waals surface area contributed by atoms with Crippen molar-refractivity contribution in [2.45, 2.75) is 19.9 Å². The average Bonchev–Trinajstić information content (AvgIpc) is 3.27. The zero-order chi connectivity index (χ0) is 23.7. The number of nitrogens with one attached hydrogen (secondary N) is 2. The predicted molar refractivity (Wildman–Crippen MR) is 133 cm³/mol. The van der Waals surface area contributed by atoms with Crippen LogP contribution in [0.5, 0.6) is 5.75 Å². The summed E-state index contributed by atoms with van der Waals surface area (Å²) in [6, 6.07) is 24.7. The summed E-state index contributed by atoms with van der Waals surface area (Å²) in [7, 11) is 1.63. The SMILES string of the molecule is COc1cccc(C2C(C(=O)Nc3ccccc3)=C(C)Nc3nc(-c4ccc(C)cc4)nn32)c1. The van der Waals surface area contributed by atoms with Crippen LogP contribution in [0.1, 0.15) is 24.1 Å². The van der Waals surface area contributed by atoms with Gasteiger partial charge in [0.15, 0.2) is 5.82 Å². The quantitative estimate of drug-likeness (QED) is 0.436. The number of aromatic nitrogens is 3. The fraction of sp³-hybridized carbons (Fsp3) is 0.148. The maximum atomic E-state index is 13.5. The van der Waals surface area contributed by atoms with E-state index in [4.69, 9.17) is 14.8 Å². The summed E-state index contributed by atoms with van der Waals surface area (Å²) < 4.78 is 7.23. The van der Waals surface area contributed by atoms with Gasteiger partial charge in [0.1, 0.15) is 11.8 Å². The maximum Gasteiger partial charge on any atom is 0.255 e. The largest absolute Gasteiger partial charge is 0.497 e. The van der Waals surface area contributed by atoms with Crippen LogP contribution in [-0.4, -0.2) is 27.8 Å². The zero-order valence-electron chi connectivity index (χ0n) is 19.2. The topological polar surface area (TPSA) is 81.1 Å². The number of benzene rings is 3. The standard InChI is InChI=1S/C27H25N5O2/c1-17-12-14-19(15-13-17)25-30-27-28-18(2)23(26(33)29-21-9-5-4-6-10-21)24(32(27)31-25)20-8-7-11-22(16-20)34-3/h4-16,24H,1-3H3,(H,29,33)(H,28,30,31). The molecule has 0 spiro atoms. The number of para-hydroxylation sites is 1. The van der Waals surface area contributed by atoms with Crippen LogP contribution in [0.4, 0.5) is 11.6 Å². The van der Waals surface area contributed by atoms with Gasteiger partial charge in [-0.3, -0.25) is 4.79 Å². The number of nitrogens with zero attached hydrogens (tertiary/aromatic N) is 3. The van der Waals surface area contributed by atoms with Crippen molar-refractivity contribution in [3.63, 3.8) is 0 Å². The smallest absolute Gasteiger partial charge is 0.255 e. The number of ether oxygens (including phenoxy) is 1. The van der Waals surface area contributed by atoms with Gasteiger partial charge in [0.25, 0.3) is 5.91 Å².